The minimum atomic E-state index is -0.635. The number of aromatic nitrogens is 1. The van der Waals surface area contributed by atoms with Crippen LogP contribution in [0, 0.1) is 11.3 Å². The van der Waals surface area contributed by atoms with Gasteiger partial charge < -0.3 is 9.80 Å². The van der Waals surface area contributed by atoms with E-state index >= 15 is 0 Å². The highest BCUT2D eigenvalue weighted by Crippen LogP contribution is 2.43. The Hall–Kier alpha value is -3.47. The third-order valence-electron chi connectivity index (χ3n) is 6.00. The number of hydrogen-bond acceptors (Lipinski definition) is 5. The van der Waals surface area contributed by atoms with Crippen LogP contribution in [0.25, 0.3) is 10.9 Å². The zero-order valence-corrected chi connectivity index (χ0v) is 15.2. The summed E-state index contributed by atoms with van der Waals surface area (Å²) in [5.74, 6) is -0.306. The van der Waals surface area contributed by atoms with E-state index in [1.807, 2.05) is 0 Å². The number of imide groups is 1. The molecule has 3 fully saturated rings. The number of piperazine rings is 1. The first kappa shape index (κ1) is 16.7. The van der Waals surface area contributed by atoms with Crippen molar-refractivity contribution in [3.05, 3.63) is 36.0 Å². The molecular weight excluding hydrogens is 358 g/mol. The first-order chi connectivity index (χ1) is 13.6. The van der Waals surface area contributed by atoms with Gasteiger partial charge in [-0.25, -0.2) is 9.69 Å². The molecule has 3 aliphatic rings. The van der Waals surface area contributed by atoms with Gasteiger partial charge in [-0.1, -0.05) is 6.92 Å². The average molecular weight is 375 g/mol. The zero-order valence-electron chi connectivity index (χ0n) is 15.2. The number of carbonyl (C=O) groups excluding carboxylic acids is 3. The summed E-state index contributed by atoms with van der Waals surface area (Å²) in [6.07, 6.45) is 2.61. The van der Waals surface area contributed by atoms with Crippen molar-refractivity contribution in [2.75, 3.05) is 11.4 Å². The van der Waals surface area contributed by atoms with Gasteiger partial charge in [0.25, 0.3) is 5.91 Å². The van der Waals surface area contributed by atoms with Crippen LogP contribution >= 0.6 is 0 Å². The number of urea groups is 1. The van der Waals surface area contributed by atoms with Gasteiger partial charge >= 0.3 is 6.03 Å². The minimum Gasteiger partial charge on any atom is -0.335 e. The zero-order chi connectivity index (χ0) is 19.6. The molecule has 140 valence electrons. The molecule has 0 aliphatic carbocycles. The van der Waals surface area contributed by atoms with Crippen molar-refractivity contribution in [2.24, 2.45) is 0 Å². The van der Waals surface area contributed by atoms with Crippen LogP contribution in [0.1, 0.15) is 25.3 Å². The lowest BCUT2D eigenvalue weighted by molar-refractivity contribution is -0.135. The normalized spacial score (nSPS) is 25.6. The number of carbonyl (C=O) groups is 3. The second kappa shape index (κ2) is 5.76. The Bertz CT molecular complexity index is 1090. The van der Waals surface area contributed by atoms with Crippen LogP contribution in [0.3, 0.4) is 0 Å². The topological polar surface area (TPSA) is 97.6 Å². The number of benzene rings is 1. The summed E-state index contributed by atoms with van der Waals surface area (Å²) in [6, 6.07) is 7.37. The average Bonchev–Trinajstić information content (AvgIpc) is 3.38. The Morgan fingerprint density at radius 2 is 2.14 bits per heavy atom. The summed E-state index contributed by atoms with van der Waals surface area (Å²) in [5.41, 5.74) is 1.28. The summed E-state index contributed by atoms with van der Waals surface area (Å²) in [7, 11) is 0. The minimum absolute atomic E-state index is 0.0128. The van der Waals surface area contributed by atoms with Crippen LogP contribution in [-0.4, -0.2) is 57.3 Å². The summed E-state index contributed by atoms with van der Waals surface area (Å²) in [4.78, 5) is 47.5. The van der Waals surface area contributed by atoms with Crippen molar-refractivity contribution in [1.29, 1.82) is 5.26 Å². The summed E-state index contributed by atoms with van der Waals surface area (Å²) in [6.45, 7) is 2.28. The van der Waals surface area contributed by atoms with E-state index in [0.717, 1.165) is 0 Å². The monoisotopic (exact) mass is 375 g/mol. The van der Waals surface area contributed by atoms with Crippen molar-refractivity contribution in [1.82, 2.24) is 14.8 Å². The molecule has 3 atom stereocenters. The van der Waals surface area contributed by atoms with Crippen LogP contribution in [0.2, 0.25) is 0 Å². The lowest BCUT2D eigenvalue weighted by atomic mass is 10.1. The molecule has 3 aliphatic heterocycles. The number of likely N-dealkylation sites (tertiary alicyclic amines) is 1. The van der Waals surface area contributed by atoms with E-state index in [1.54, 1.807) is 47.2 Å². The first-order valence-electron chi connectivity index (χ1n) is 9.30. The molecule has 4 heterocycles. The second-order valence-electron chi connectivity index (χ2n) is 7.31. The van der Waals surface area contributed by atoms with Crippen LogP contribution in [0.5, 0.6) is 0 Å². The van der Waals surface area contributed by atoms with Crippen molar-refractivity contribution in [2.45, 2.75) is 37.9 Å². The fourth-order valence-corrected chi connectivity index (χ4v) is 4.81. The summed E-state index contributed by atoms with van der Waals surface area (Å²) >= 11 is 0. The molecule has 0 radical (unpaired) electrons. The fourth-order valence-electron chi connectivity index (χ4n) is 4.81. The molecule has 0 spiro atoms. The third kappa shape index (κ3) is 1.99. The van der Waals surface area contributed by atoms with Crippen molar-refractivity contribution >= 4 is 34.4 Å². The number of hydrogen-bond donors (Lipinski definition) is 0. The quantitative estimate of drug-likeness (QED) is 0.743. The first-order valence-corrected chi connectivity index (χ1v) is 9.30. The number of nitriles is 1. The lowest BCUT2D eigenvalue weighted by Gasteiger charge is -2.34. The number of rotatable bonds is 2. The molecule has 2 aromatic rings. The highest BCUT2D eigenvalue weighted by molar-refractivity contribution is 6.25. The van der Waals surface area contributed by atoms with Gasteiger partial charge in [0.15, 0.2) is 0 Å². The molecule has 1 aromatic carbocycles. The summed E-state index contributed by atoms with van der Waals surface area (Å²) < 4.78 is 0. The van der Waals surface area contributed by atoms with Crippen LogP contribution < -0.4 is 4.90 Å². The van der Waals surface area contributed by atoms with Gasteiger partial charge in [0, 0.05) is 24.5 Å². The Morgan fingerprint density at radius 3 is 2.89 bits per heavy atom. The van der Waals surface area contributed by atoms with Crippen LogP contribution in [0.15, 0.2) is 30.5 Å². The van der Waals surface area contributed by atoms with Crippen LogP contribution in [-0.2, 0) is 9.59 Å². The second-order valence-corrected chi connectivity index (χ2v) is 7.31. The smallest absolute Gasteiger partial charge is 0.332 e. The number of amides is 4. The van der Waals surface area contributed by atoms with Gasteiger partial charge in [-0.2, -0.15) is 5.26 Å². The van der Waals surface area contributed by atoms with E-state index in [-0.39, 0.29) is 29.9 Å². The van der Waals surface area contributed by atoms with Gasteiger partial charge in [0.2, 0.25) is 5.91 Å². The summed E-state index contributed by atoms with van der Waals surface area (Å²) in [5, 5.41) is 9.91. The molecule has 28 heavy (non-hydrogen) atoms. The van der Waals surface area contributed by atoms with Crippen molar-refractivity contribution in [3.63, 3.8) is 0 Å². The van der Waals surface area contributed by atoms with E-state index in [1.165, 1.54) is 4.90 Å². The molecular formula is C20H17N5O3. The predicted octanol–water partition coefficient (Wildman–Crippen LogP) is 1.64. The number of anilines is 1. The maximum Gasteiger partial charge on any atom is 0.332 e. The molecule has 5 rings (SSSR count). The Morgan fingerprint density at radius 1 is 1.32 bits per heavy atom. The van der Waals surface area contributed by atoms with E-state index < -0.39 is 6.04 Å². The predicted molar refractivity (Wildman–Crippen MR) is 99.2 cm³/mol. The lowest BCUT2D eigenvalue weighted by Crippen LogP contribution is -2.54. The molecule has 0 N–H and O–H groups in total. The van der Waals surface area contributed by atoms with E-state index in [0.29, 0.717) is 41.5 Å². The highest BCUT2D eigenvalue weighted by atomic mass is 16.2. The highest BCUT2D eigenvalue weighted by Gasteiger charge is 2.62. The van der Waals surface area contributed by atoms with Crippen molar-refractivity contribution in [3.8, 4) is 6.07 Å². The SMILES string of the molecule is CCC(=O)N1C[C@H]2CC1[C@H]1C(=O)N(c3ccc(C#N)c4ncccc34)C(=O)N21. The van der Waals surface area contributed by atoms with Gasteiger partial charge in [0.05, 0.1) is 28.9 Å². The van der Waals surface area contributed by atoms with Gasteiger partial charge in [0.1, 0.15) is 12.1 Å². The standard InChI is InChI=1S/C20H17N5O3/c1-2-16(26)23-10-12-8-15(23)18-19(27)25(20(28)24(12)18)14-6-5-11(9-21)17-13(14)4-3-7-22-17/h3-7,12,15,18H,2,8,10H2,1H3/t12-,15?,18+/m1/s1. The van der Waals surface area contributed by atoms with Crippen molar-refractivity contribution < 1.29 is 14.4 Å². The Labute approximate surface area is 160 Å². The molecule has 8 heteroatoms. The van der Waals surface area contributed by atoms with Gasteiger partial charge in [-0.3, -0.25) is 14.6 Å². The van der Waals surface area contributed by atoms with Crippen LogP contribution in [0.4, 0.5) is 10.5 Å². The molecule has 1 unspecified atom stereocenters. The number of pyridine rings is 1. The fraction of sp³-hybridized carbons (Fsp3) is 0.350. The van der Waals surface area contributed by atoms with E-state index in [2.05, 4.69) is 11.1 Å². The maximum atomic E-state index is 13.3. The number of fused-ring (bicyclic) bond motifs is 6. The van der Waals surface area contributed by atoms with E-state index in [4.69, 9.17) is 0 Å². The molecule has 2 bridgehead atoms. The number of nitrogens with zero attached hydrogens (tertiary/aromatic N) is 5. The molecule has 3 saturated heterocycles. The Kier molecular flexibility index (Phi) is 3.43. The molecule has 0 saturated carbocycles. The molecule has 4 amide bonds. The Balaban J connectivity index is 1.59. The largest absolute Gasteiger partial charge is 0.335 e. The van der Waals surface area contributed by atoms with E-state index in [9.17, 15) is 19.6 Å². The third-order valence-corrected chi connectivity index (χ3v) is 6.00. The molecule has 1 aromatic heterocycles. The van der Waals surface area contributed by atoms with Gasteiger partial charge in [-0.05, 0) is 30.7 Å². The van der Waals surface area contributed by atoms with Gasteiger partial charge in [-0.15, -0.1) is 0 Å². The molecule has 8 nitrogen and oxygen atoms in total. The maximum absolute atomic E-state index is 13.3.